The second-order valence-corrected chi connectivity index (χ2v) is 8.89. The van der Waals surface area contributed by atoms with Gasteiger partial charge in [-0.3, -0.25) is 4.72 Å². The van der Waals surface area contributed by atoms with Crippen LogP contribution in [-0.4, -0.2) is 22.1 Å². The van der Waals surface area contributed by atoms with E-state index in [4.69, 9.17) is 10.7 Å². The number of halogens is 1. The molecular formula is C10H14ClNO4S2. The van der Waals surface area contributed by atoms with Crippen LogP contribution >= 0.6 is 10.7 Å². The Hall–Kier alpha value is -0.790. The van der Waals surface area contributed by atoms with E-state index in [0.717, 1.165) is 0 Å². The molecule has 0 fully saturated rings. The van der Waals surface area contributed by atoms with Crippen molar-refractivity contribution in [2.24, 2.45) is 0 Å². The normalized spacial score (nSPS) is 12.7. The first-order chi connectivity index (χ1) is 8.04. The van der Waals surface area contributed by atoms with Crippen molar-refractivity contribution < 1.29 is 16.8 Å². The lowest BCUT2D eigenvalue weighted by atomic mass is 10.2. The van der Waals surface area contributed by atoms with Crippen LogP contribution < -0.4 is 4.72 Å². The van der Waals surface area contributed by atoms with E-state index in [9.17, 15) is 16.8 Å². The number of anilines is 1. The summed E-state index contributed by atoms with van der Waals surface area (Å²) >= 11 is 0. The maximum atomic E-state index is 11.6. The molecule has 0 bridgehead atoms. The van der Waals surface area contributed by atoms with E-state index in [0.29, 0.717) is 11.3 Å². The lowest BCUT2D eigenvalue weighted by Gasteiger charge is -2.12. The van der Waals surface area contributed by atoms with Gasteiger partial charge in [0.1, 0.15) is 0 Å². The van der Waals surface area contributed by atoms with Crippen LogP contribution in [-0.2, 0) is 19.1 Å². The summed E-state index contributed by atoms with van der Waals surface area (Å²) in [6.07, 6.45) is 0. The molecule has 5 nitrogen and oxygen atoms in total. The van der Waals surface area contributed by atoms with Crippen molar-refractivity contribution in [2.45, 2.75) is 30.9 Å². The van der Waals surface area contributed by atoms with Gasteiger partial charge in [-0.15, -0.1) is 0 Å². The Balaban J connectivity index is 3.15. The molecule has 0 saturated carbocycles. The predicted octanol–water partition coefficient (Wildman–Crippen LogP) is 2.07. The molecule has 0 radical (unpaired) electrons. The van der Waals surface area contributed by atoms with E-state index < -0.39 is 24.3 Å². The van der Waals surface area contributed by atoms with Crippen LogP contribution in [0.2, 0.25) is 0 Å². The molecule has 0 aliphatic rings. The topological polar surface area (TPSA) is 80.3 Å². The second kappa shape index (κ2) is 5.07. The minimum Gasteiger partial charge on any atom is -0.283 e. The molecule has 0 heterocycles. The Labute approximate surface area is 112 Å². The number of nitrogens with one attached hydrogen (secondary N) is 1. The van der Waals surface area contributed by atoms with Crippen LogP contribution in [0.1, 0.15) is 19.4 Å². The number of hydrogen-bond acceptors (Lipinski definition) is 4. The monoisotopic (exact) mass is 311 g/mol. The van der Waals surface area contributed by atoms with E-state index in [2.05, 4.69) is 4.72 Å². The molecule has 0 amide bonds. The average molecular weight is 312 g/mol. The smallest absolute Gasteiger partial charge is 0.261 e. The van der Waals surface area contributed by atoms with Gasteiger partial charge >= 0.3 is 0 Å². The average Bonchev–Trinajstić information content (AvgIpc) is 2.14. The number of sulfonamides is 1. The van der Waals surface area contributed by atoms with Crippen molar-refractivity contribution in [3.8, 4) is 0 Å². The van der Waals surface area contributed by atoms with Crippen molar-refractivity contribution in [1.29, 1.82) is 0 Å². The van der Waals surface area contributed by atoms with Gasteiger partial charge in [0, 0.05) is 16.4 Å². The lowest BCUT2D eigenvalue weighted by Crippen LogP contribution is -2.22. The fourth-order valence-electron chi connectivity index (χ4n) is 1.27. The van der Waals surface area contributed by atoms with Gasteiger partial charge in [0.05, 0.1) is 10.1 Å². The van der Waals surface area contributed by atoms with Crippen molar-refractivity contribution in [3.05, 3.63) is 23.8 Å². The quantitative estimate of drug-likeness (QED) is 0.863. The van der Waals surface area contributed by atoms with Crippen molar-refractivity contribution in [3.63, 3.8) is 0 Å². The van der Waals surface area contributed by atoms with Crippen molar-refractivity contribution in [2.75, 3.05) is 4.72 Å². The largest absolute Gasteiger partial charge is 0.283 e. The van der Waals surface area contributed by atoms with Crippen LogP contribution in [0, 0.1) is 6.92 Å². The Kier molecular flexibility index (Phi) is 4.30. The molecular weight excluding hydrogens is 298 g/mol. The van der Waals surface area contributed by atoms with E-state index in [1.165, 1.54) is 18.2 Å². The molecule has 102 valence electrons. The predicted molar refractivity (Wildman–Crippen MR) is 71.9 cm³/mol. The van der Waals surface area contributed by atoms with Crippen LogP contribution in [0.15, 0.2) is 23.1 Å². The van der Waals surface area contributed by atoms with Crippen molar-refractivity contribution in [1.82, 2.24) is 0 Å². The van der Waals surface area contributed by atoms with Gasteiger partial charge in [-0.2, -0.15) is 0 Å². The highest BCUT2D eigenvalue weighted by Crippen LogP contribution is 2.23. The highest BCUT2D eigenvalue weighted by molar-refractivity contribution is 8.13. The molecule has 1 aromatic carbocycles. The van der Waals surface area contributed by atoms with Gasteiger partial charge in [-0.05, 0) is 44.5 Å². The van der Waals surface area contributed by atoms with Crippen LogP contribution in [0.3, 0.4) is 0 Å². The first-order valence-corrected chi connectivity index (χ1v) is 8.96. The molecule has 0 unspecified atom stereocenters. The Morgan fingerprint density at radius 1 is 1.17 bits per heavy atom. The summed E-state index contributed by atoms with van der Waals surface area (Å²) in [6, 6.07) is 4.06. The zero-order chi connectivity index (χ0) is 14.1. The molecule has 1 N–H and O–H groups in total. The summed E-state index contributed by atoms with van der Waals surface area (Å²) in [4.78, 5) is -0.0309. The third kappa shape index (κ3) is 3.60. The molecule has 0 aromatic heterocycles. The summed E-state index contributed by atoms with van der Waals surface area (Å²) < 4.78 is 48.0. The van der Waals surface area contributed by atoms with Crippen LogP contribution in [0.25, 0.3) is 0 Å². The number of hydrogen-bond donors (Lipinski definition) is 1. The minimum atomic E-state index is -3.82. The molecule has 18 heavy (non-hydrogen) atoms. The highest BCUT2D eigenvalue weighted by Gasteiger charge is 2.18. The summed E-state index contributed by atoms with van der Waals surface area (Å²) in [5.41, 5.74) is 0.694. The first-order valence-electron chi connectivity index (χ1n) is 5.11. The zero-order valence-corrected chi connectivity index (χ0v) is 12.5. The summed E-state index contributed by atoms with van der Waals surface area (Å²) in [5, 5.41) is -0.575. The van der Waals surface area contributed by atoms with Gasteiger partial charge in [-0.25, -0.2) is 16.8 Å². The van der Waals surface area contributed by atoms with Gasteiger partial charge < -0.3 is 0 Å². The fraction of sp³-hybridized carbons (Fsp3) is 0.400. The van der Waals surface area contributed by atoms with Crippen LogP contribution in [0.5, 0.6) is 0 Å². The van der Waals surface area contributed by atoms with Gasteiger partial charge in [0.25, 0.3) is 9.05 Å². The Morgan fingerprint density at radius 3 is 2.11 bits per heavy atom. The number of rotatable bonds is 4. The van der Waals surface area contributed by atoms with Crippen molar-refractivity contribution >= 4 is 35.4 Å². The maximum Gasteiger partial charge on any atom is 0.261 e. The summed E-state index contributed by atoms with van der Waals surface area (Å²) in [5.74, 6) is 0. The highest BCUT2D eigenvalue weighted by atomic mass is 35.7. The SMILES string of the molecule is Cc1cc(NS(=O)(=O)C(C)C)ccc1S(=O)(=O)Cl. The van der Waals surface area contributed by atoms with E-state index >= 15 is 0 Å². The first kappa shape index (κ1) is 15.3. The van der Waals surface area contributed by atoms with Gasteiger partial charge in [0.15, 0.2) is 0 Å². The Bertz CT molecular complexity index is 650. The maximum absolute atomic E-state index is 11.6. The van der Waals surface area contributed by atoms with Crippen LogP contribution in [0.4, 0.5) is 5.69 Å². The van der Waals surface area contributed by atoms with E-state index in [1.807, 2.05) is 0 Å². The number of benzene rings is 1. The Morgan fingerprint density at radius 2 is 1.72 bits per heavy atom. The fourth-order valence-corrected chi connectivity index (χ4v) is 3.15. The summed E-state index contributed by atoms with van der Waals surface area (Å²) in [6.45, 7) is 4.64. The molecule has 0 spiro atoms. The molecule has 0 aliphatic heterocycles. The molecule has 0 aliphatic carbocycles. The zero-order valence-electron chi connectivity index (χ0n) is 10.1. The molecule has 1 rings (SSSR count). The standard InChI is InChI=1S/C10H14ClNO4S2/c1-7(2)18(15,16)12-9-4-5-10(8(3)6-9)17(11,13)14/h4-7,12H,1-3H3. The third-order valence-electron chi connectivity index (χ3n) is 2.32. The summed E-state index contributed by atoms with van der Waals surface area (Å²) in [7, 11) is -2.03. The molecule has 8 heteroatoms. The lowest BCUT2D eigenvalue weighted by molar-refractivity contribution is 0.592. The van der Waals surface area contributed by atoms with E-state index in [-0.39, 0.29) is 4.90 Å². The minimum absolute atomic E-state index is 0.0309. The molecule has 0 saturated heterocycles. The molecule has 1 aromatic rings. The second-order valence-electron chi connectivity index (χ2n) is 4.11. The van der Waals surface area contributed by atoms with E-state index in [1.54, 1.807) is 20.8 Å². The number of aryl methyl sites for hydroxylation is 1. The molecule has 0 atom stereocenters. The van der Waals surface area contributed by atoms with Gasteiger partial charge in [-0.1, -0.05) is 0 Å². The third-order valence-corrected chi connectivity index (χ3v) is 5.56. The van der Waals surface area contributed by atoms with Gasteiger partial charge in [0.2, 0.25) is 10.0 Å².